The molecule has 1 saturated carbocycles. The molecule has 78 valence electrons. The third kappa shape index (κ3) is 2.35. The Balaban J connectivity index is 1.95. The van der Waals surface area contributed by atoms with E-state index in [9.17, 15) is 4.79 Å². The molecule has 14 heavy (non-hydrogen) atoms. The molecule has 0 atom stereocenters. The highest BCUT2D eigenvalue weighted by molar-refractivity contribution is 5.89. The van der Waals surface area contributed by atoms with Gasteiger partial charge in [0, 0.05) is 6.42 Å². The number of rotatable bonds is 2. The molecule has 3 nitrogen and oxygen atoms in total. The zero-order chi connectivity index (χ0) is 10.2. The molecule has 2 aliphatic rings. The predicted molar refractivity (Wildman–Crippen MR) is 53.7 cm³/mol. The number of likely N-dealkylation sites (N-methyl/N-ethyl adjacent to an activating group) is 1. The van der Waals surface area contributed by atoms with Gasteiger partial charge in [0.15, 0.2) is 0 Å². The minimum Gasteiger partial charge on any atom is -0.459 e. The van der Waals surface area contributed by atoms with Gasteiger partial charge in [-0.05, 0) is 12.8 Å². The van der Waals surface area contributed by atoms with Gasteiger partial charge in [-0.2, -0.15) is 0 Å². The van der Waals surface area contributed by atoms with Gasteiger partial charge in [-0.15, -0.1) is 0 Å². The van der Waals surface area contributed by atoms with Gasteiger partial charge in [0.05, 0.1) is 26.2 Å². The lowest BCUT2D eigenvalue weighted by Gasteiger charge is -2.32. The van der Waals surface area contributed by atoms with Crippen LogP contribution in [0.4, 0.5) is 0 Å². The molecule has 0 unspecified atom stereocenters. The summed E-state index contributed by atoms with van der Waals surface area (Å²) in [6.07, 6.45) is 5.35. The molecule has 0 spiro atoms. The van der Waals surface area contributed by atoms with E-state index in [1.165, 1.54) is 0 Å². The number of ether oxygens (including phenoxy) is 1. The lowest BCUT2D eigenvalue weighted by Crippen LogP contribution is -2.45. The minimum absolute atomic E-state index is 0.0848. The molecule has 0 aromatic carbocycles. The molecule has 1 heterocycles. The molecule has 1 aliphatic heterocycles. The minimum atomic E-state index is -0.0848. The molecular formula is C11H18NO2+. The monoisotopic (exact) mass is 196 g/mol. The Kier molecular flexibility index (Phi) is 2.35. The molecule has 0 aromatic rings. The molecule has 3 heteroatoms. The average molecular weight is 196 g/mol. The van der Waals surface area contributed by atoms with Gasteiger partial charge < -0.3 is 9.22 Å². The fourth-order valence-electron chi connectivity index (χ4n) is 1.75. The van der Waals surface area contributed by atoms with E-state index >= 15 is 0 Å². The highest BCUT2D eigenvalue weighted by Gasteiger charge is 2.31. The summed E-state index contributed by atoms with van der Waals surface area (Å²) in [5.74, 6) is -0.0848. The SMILES string of the molecule is C[N+]1(C)CCC=C(C(=O)OC2CC2)C1. The van der Waals surface area contributed by atoms with Crippen LogP contribution in [-0.2, 0) is 9.53 Å². The van der Waals surface area contributed by atoms with Crippen LogP contribution in [0.25, 0.3) is 0 Å². The zero-order valence-electron chi connectivity index (χ0n) is 8.95. The largest absolute Gasteiger partial charge is 0.459 e. The molecule has 1 aliphatic carbocycles. The second kappa shape index (κ2) is 3.39. The topological polar surface area (TPSA) is 26.3 Å². The summed E-state index contributed by atoms with van der Waals surface area (Å²) < 4.78 is 6.17. The van der Waals surface area contributed by atoms with Crippen molar-refractivity contribution in [1.82, 2.24) is 0 Å². The van der Waals surface area contributed by atoms with E-state index in [2.05, 4.69) is 14.1 Å². The van der Waals surface area contributed by atoms with E-state index in [4.69, 9.17) is 4.74 Å². The molecule has 0 aromatic heterocycles. The first kappa shape index (κ1) is 9.71. The van der Waals surface area contributed by atoms with Crippen molar-refractivity contribution in [3.05, 3.63) is 11.6 Å². The summed E-state index contributed by atoms with van der Waals surface area (Å²) in [6, 6.07) is 0. The highest BCUT2D eigenvalue weighted by atomic mass is 16.5. The standard InChI is InChI=1S/C11H18NO2/c1-12(2)7-3-4-9(8-12)11(13)14-10-5-6-10/h4,10H,3,5-8H2,1-2H3/q+1. The summed E-state index contributed by atoms with van der Waals surface area (Å²) in [5, 5.41) is 0. The quantitative estimate of drug-likeness (QED) is 0.488. The van der Waals surface area contributed by atoms with E-state index in [1.54, 1.807) is 0 Å². The number of carbonyl (C=O) groups is 1. The molecule has 0 saturated heterocycles. The summed E-state index contributed by atoms with van der Waals surface area (Å²) in [4.78, 5) is 11.6. The maximum atomic E-state index is 11.6. The lowest BCUT2D eigenvalue weighted by molar-refractivity contribution is -0.886. The van der Waals surface area contributed by atoms with Gasteiger partial charge in [0.2, 0.25) is 0 Å². The fraction of sp³-hybridized carbons (Fsp3) is 0.727. The first-order valence-electron chi connectivity index (χ1n) is 5.29. The van der Waals surface area contributed by atoms with E-state index in [1.807, 2.05) is 6.08 Å². The Hall–Kier alpha value is -0.830. The maximum absolute atomic E-state index is 11.6. The lowest BCUT2D eigenvalue weighted by atomic mass is 10.1. The van der Waals surface area contributed by atoms with Crippen molar-refractivity contribution in [2.45, 2.75) is 25.4 Å². The summed E-state index contributed by atoms with van der Waals surface area (Å²) in [7, 11) is 4.30. The third-order valence-electron chi connectivity index (χ3n) is 2.78. The van der Waals surface area contributed by atoms with Crippen molar-refractivity contribution >= 4 is 5.97 Å². The van der Waals surface area contributed by atoms with Crippen molar-refractivity contribution in [2.24, 2.45) is 0 Å². The second-order valence-corrected chi connectivity index (χ2v) is 4.94. The molecule has 0 N–H and O–H groups in total. The first-order valence-corrected chi connectivity index (χ1v) is 5.29. The van der Waals surface area contributed by atoms with Crippen LogP contribution in [0, 0.1) is 0 Å². The number of hydrogen-bond acceptors (Lipinski definition) is 2. The van der Waals surface area contributed by atoms with E-state index in [0.29, 0.717) is 0 Å². The van der Waals surface area contributed by atoms with E-state index in [-0.39, 0.29) is 12.1 Å². The molecule has 1 fully saturated rings. The Bertz CT molecular complexity index is 277. The molecule has 0 radical (unpaired) electrons. The number of carbonyl (C=O) groups excluding carboxylic acids is 1. The van der Waals surface area contributed by atoms with Crippen molar-refractivity contribution in [3.63, 3.8) is 0 Å². The Labute approximate surface area is 84.9 Å². The van der Waals surface area contributed by atoms with Crippen molar-refractivity contribution < 1.29 is 14.0 Å². The maximum Gasteiger partial charge on any atom is 0.339 e. The average Bonchev–Trinajstić information content (AvgIpc) is 2.86. The number of hydrogen-bond donors (Lipinski definition) is 0. The van der Waals surface area contributed by atoms with Gasteiger partial charge in [-0.25, -0.2) is 4.79 Å². The van der Waals surface area contributed by atoms with Crippen LogP contribution in [0.3, 0.4) is 0 Å². The van der Waals surface area contributed by atoms with Gasteiger partial charge in [-0.3, -0.25) is 0 Å². The fourth-order valence-corrected chi connectivity index (χ4v) is 1.75. The van der Waals surface area contributed by atoms with Gasteiger partial charge >= 0.3 is 5.97 Å². The Morgan fingerprint density at radius 1 is 1.50 bits per heavy atom. The second-order valence-electron chi connectivity index (χ2n) is 4.94. The zero-order valence-corrected chi connectivity index (χ0v) is 8.95. The van der Waals surface area contributed by atoms with E-state index in [0.717, 1.165) is 42.4 Å². The molecule has 0 amide bonds. The number of quaternary nitrogens is 1. The van der Waals surface area contributed by atoms with Crippen LogP contribution >= 0.6 is 0 Å². The van der Waals surface area contributed by atoms with Crippen LogP contribution in [0.5, 0.6) is 0 Å². The molecule has 2 rings (SSSR count). The normalized spacial score (nSPS) is 25.4. The van der Waals surface area contributed by atoms with Crippen LogP contribution < -0.4 is 0 Å². The molecular weight excluding hydrogens is 178 g/mol. The first-order chi connectivity index (χ1) is 6.57. The van der Waals surface area contributed by atoms with Crippen molar-refractivity contribution in [1.29, 1.82) is 0 Å². The van der Waals surface area contributed by atoms with Gasteiger partial charge in [0.25, 0.3) is 0 Å². The summed E-state index contributed by atoms with van der Waals surface area (Å²) >= 11 is 0. The van der Waals surface area contributed by atoms with Crippen LogP contribution in [0.1, 0.15) is 19.3 Å². The Morgan fingerprint density at radius 3 is 2.79 bits per heavy atom. The van der Waals surface area contributed by atoms with E-state index < -0.39 is 0 Å². The highest BCUT2D eigenvalue weighted by Crippen LogP contribution is 2.25. The number of esters is 1. The van der Waals surface area contributed by atoms with Gasteiger partial charge in [0.1, 0.15) is 12.6 Å². The van der Waals surface area contributed by atoms with Crippen LogP contribution in [-0.4, -0.2) is 43.7 Å². The van der Waals surface area contributed by atoms with Crippen molar-refractivity contribution in [3.8, 4) is 0 Å². The van der Waals surface area contributed by atoms with Gasteiger partial charge in [-0.1, -0.05) is 6.08 Å². The summed E-state index contributed by atoms with van der Waals surface area (Å²) in [5.41, 5.74) is 0.869. The third-order valence-corrected chi connectivity index (χ3v) is 2.78. The number of nitrogens with zero attached hydrogens (tertiary/aromatic N) is 1. The molecule has 0 bridgehead atoms. The predicted octanol–water partition coefficient (Wildman–Crippen LogP) is 1.10. The Morgan fingerprint density at radius 2 is 2.21 bits per heavy atom. The summed E-state index contributed by atoms with van der Waals surface area (Å²) in [6.45, 7) is 1.92. The van der Waals surface area contributed by atoms with Crippen LogP contribution in [0.2, 0.25) is 0 Å². The van der Waals surface area contributed by atoms with Crippen LogP contribution in [0.15, 0.2) is 11.6 Å². The van der Waals surface area contributed by atoms with Crippen molar-refractivity contribution in [2.75, 3.05) is 27.2 Å². The smallest absolute Gasteiger partial charge is 0.339 e.